The third-order valence-corrected chi connectivity index (χ3v) is 6.99. The highest BCUT2D eigenvalue weighted by Gasteiger charge is 2.51. The van der Waals surface area contributed by atoms with Gasteiger partial charge in [-0.15, -0.1) is 0 Å². The zero-order chi connectivity index (χ0) is 22.6. The number of anilines is 1. The lowest BCUT2D eigenvalue weighted by atomic mass is 9.65. The second-order valence-corrected chi connectivity index (χ2v) is 10.8. The molecule has 3 unspecified atom stereocenters. The Morgan fingerprint density at radius 1 is 1.19 bits per heavy atom. The number of nitrogens with zero attached hydrogens (tertiary/aromatic N) is 2. The van der Waals surface area contributed by atoms with Crippen LogP contribution in [0.25, 0.3) is 0 Å². The van der Waals surface area contributed by atoms with Gasteiger partial charge in [-0.25, -0.2) is 0 Å². The molecule has 3 aliphatic rings. The first-order valence-electron chi connectivity index (χ1n) is 11.5. The van der Waals surface area contributed by atoms with Crippen LogP contribution in [-0.2, 0) is 9.59 Å². The van der Waals surface area contributed by atoms with Gasteiger partial charge in [-0.1, -0.05) is 27.7 Å². The van der Waals surface area contributed by atoms with Crippen molar-refractivity contribution in [2.45, 2.75) is 78.9 Å². The van der Waals surface area contributed by atoms with Crippen molar-refractivity contribution in [3.05, 3.63) is 23.8 Å². The van der Waals surface area contributed by atoms with E-state index >= 15 is 0 Å². The Hall–Kier alpha value is -2.37. The molecular formula is C25H34N2O4. The highest BCUT2D eigenvalue weighted by atomic mass is 16.5. The van der Waals surface area contributed by atoms with E-state index in [1.165, 1.54) is 4.90 Å². The third kappa shape index (κ3) is 4.09. The third-order valence-electron chi connectivity index (χ3n) is 6.99. The molecule has 0 N–H and O–H groups in total. The van der Waals surface area contributed by atoms with Gasteiger partial charge in [0.2, 0.25) is 5.91 Å². The number of likely N-dealkylation sites (tertiary alicyclic amines) is 1. The fourth-order valence-corrected chi connectivity index (χ4v) is 6.09. The van der Waals surface area contributed by atoms with Crippen LogP contribution in [0.4, 0.5) is 5.69 Å². The highest BCUT2D eigenvalue weighted by Crippen LogP contribution is 2.52. The molecule has 31 heavy (non-hydrogen) atoms. The molecule has 2 aliphatic heterocycles. The molecule has 1 aromatic rings. The first-order chi connectivity index (χ1) is 14.5. The number of ketones is 1. The molecule has 2 fully saturated rings. The summed E-state index contributed by atoms with van der Waals surface area (Å²) in [5.74, 6) is 0.312. The molecule has 6 heteroatoms. The van der Waals surface area contributed by atoms with Crippen LogP contribution in [0.3, 0.4) is 0 Å². The maximum atomic E-state index is 13.4. The van der Waals surface area contributed by atoms with Gasteiger partial charge in [0.1, 0.15) is 12.3 Å². The monoisotopic (exact) mass is 426 g/mol. The van der Waals surface area contributed by atoms with Gasteiger partial charge in [0.25, 0.3) is 5.91 Å². The SMILES string of the molecule is CCCC(=O)c1ccc2c(c1)N(CC(=O)N1CC3(C)CC1CC(C)(C)C3)C(=O)C(C)O2. The van der Waals surface area contributed by atoms with E-state index in [1.807, 2.05) is 11.8 Å². The topological polar surface area (TPSA) is 66.9 Å². The maximum absolute atomic E-state index is 13.4. The van der Waals surface area contributed by atoms with Gasteiger partial charge < -0.3 is 9.64 Å². The van der Waals surface area contributed by atoms with Crippen LogP contribution in [0.5, 0.6) is 5.75 Å². The predicted molar refractivity (Wildman–Crippen MR) is 119 cm³/mol. The van der Waals surface area contributed by atoms with Gasteiger partial charge >= 0.3 is 0 Å². The summed E-state index contributed by atoms with van der Waals surface area (Å²) in [6.45, 7) is 11.2. The first-order valence-corrected chi connectivity index (χ1v) is 11.5. The molecule has 1 aromatic carbocycles. The van der Waals surface area contributed by atoms with Crippen molar-refractivity contribution in [2.75, 3.05) is 18.0 Å². The molecule has 6 nitrogen and oxygen atoms in total. The van der Waals surface area contributed by atoms with E-state index in [9.17, 15) is 14.4 Å². The molecular weight excluding hydrogens is 392 g/mol. The first kappa shape index (κ1) is 21.8. The summed E-state index contributed by atoms with van der Waals surface area (Å²) in [6, 6.07) is 5.42. The summed E-state index contributed by atoms with van der Waals surface area (Å²) in [7, 11) is 0. The quantitative estimate of drug-likeness (QED) is 0.662. The van der Waals surface area contributed by atoms with E-state index in [0.29, 0.717) is 23.4 Å². The van der Waals surface area contributed by atoms with Gasteiger partial charge in [-0.3, -0.25) is 19.3 Å². The van der Waals surface area contributed by atoms with Gasteiger partial charge in [-0.05, 0) is 61.6 Å². The van der Waals surface area contributed by atoms with Gasteiger partial charge in [0.05, 0.1) is 5.69 Å². The van der Waals surface area contributed by atoms with Gasteiger partial charge in [0, 0.05) is 24.6 Å². The van der Waals surface area contributed by atoms with E-state index in [4.69, 9.17) is 4.74 Å². The largest absolute Gasteiger partial charge is 0.479 e. The number of rotatable bonds is 5. The molecule has 2 amide bonds. The lowest BCUT2D eigenvalue weighted by molar-refractivity contribution is -0.134. The minimum atomic E-state index is -0.660. The predicted octanol–water partition coefficient (Wildman–Crippen LogP) is 4.21. The Morgan fingerprint density at radius 2 is 1.94 bits per heavy atom. The van der Waals surface area contributed by atoms with Crippen LogP contribution in [0.1, 0.15) is 77.1 Å². The number of carbonyl (C=O) groups excluding carboxylic acids is 3. The van der Waals surface area contributed by atoms with E-state index in [2.05, 4.69) is 20.8 Å². The number of amides is 2. The molecule has 4 rings (SSSR count). The maximum Gasteiger partial charge on any atom is 0.268 e. The zero-order valence-electron chi connectivity index (χ0n) is 19.4. The van der Waals surface area contributed by atoms with Crippen LogP contribution in [0.2, 0.25) is 0 Å². The summed E-state index contributed by atoms with van der Waals surface area (Å²) in [5, 5.41) is 0. The molecule has 1 saturated carbocycles. The van der Waals surface area contributed by atoms with Crippen molar-refractivity contribution < 1.29 is 19.1 Å². The average Bonchev–Trinajstić information content (AvgIpc) is 2.94. The number of hydrogen-bond acceptors (Lipinski definition) is 4. The number of hydrogen-bond donors (Lipinski definition) is 0. The Kier molecular flexibility index (Phi) is 5.39. The van der Waals surface area contributed by atoms with Crippen molar-refractivity contribution in [3.63, 3.8) is 0 Å². The highest BCUT2D eigenvalue weighted by molar-refractivity contribution is 6.05. The summed E-state index contributed by atoms with van der Waals surface area (Å²) >= 11 is 0. The molecule has 1 aliphatic carbocycles. The molecule has 0 spiro atoms. The molecule has 168 valence electrons. The fourth-order valence-electron chi connectivity index (χ4n) is 6.09. The second kappa shape index (κ2) is 7.64. The number of Topliss-reactive ketones (excluding diaryl/α,β-unsaturated/α-hetero) is 1. The Balaban J connectivity index is 1.60. The van der Waals surface area contributed by atoms with E-state index in [0.717, 1.165) is 32.2 Å². The second-order valence-electron chi connectivity index (χ2n) is 10.8. The number of fused-ring (bicyclic) bond motifs is 3. The fraction of sp³-hybridized carbons (Fsp3) is 0.640. The number of ether oxygens (including phenoxy) is 1. The summed E-state index contributed by atoms with van der Waals surface area (Å²) in [4.78, 5) is 42.3. The van der Waals surface area contributed by atoms with Crippen LogP contribution in [-0.4, -0.2) is 47.7 Å². The summed E-state index contributed by atoms with van der Waals surface area (Å²) in [5.41, 5.74) is 1.43. The van der Waals surface area contributed by atoms with Crippen molar-refractivity contribution in [3.8, 4) is 5.75 Å². The molecule has 1 saturated heterocycles. The Bertz CT molecular complexity index is 924. The van der Waals surface area contributed by atoms with Crippen molar-refractivity contribution >= 4 is 23.3 Å². The van der Waals surface area contributed by atoms with Crippen molar-refractivity contribution in [1.29, 1.82) is 0 Å². The lowest BCUT2D eigenvalue weighted by Crippen LogP contribution is -2.50. The normalized spacial score (nSPS) is 28.9. The van der Waals surface area contributed by atoms with Gasteiger partial charge in [0.15, 0.2) is 11.9 Å². The number of carbonyl (C=O) groups is 3. The molecule has 2 heterocycles. The summed E-state index contributed by atoms with van der Waals surface area (Å²) in [6.07, 6.45) is 3.69. The molecule has 0 radical (unpaired) electrons. The van der Waals surface area contributed by atoms with E-state index in [1.54, 1.807) is 25.1 Å². The lowest BCUT2D eigenvalue weighted by Gasteiger charge is -2.39. The van der Waals surface area contributed by atoms with Gasteiger partial charge in [-0.2, -0.15) is 0 Å². The molecule has 3 atom stereocenters. The number of benzene rings is 1. The van der Waals surface area contributed by atoms with Crippen molar-refractivity contribution in [2.24, 2.45) is 10.8 Å². The molecule has 0 aromatic heterocycles. The standard InChI is InChI=1S/C25H34N2O4/c1-6-7-20(28)17-8-9-21-19(10-17)26(23(30)16(2)31-21)13-22(29)27-15-25(5)12-18(27)11-24(3,4)14-25/h8-10,16,18H,6-7,11-15H2,1-5H3. The minimum absolute atomic E-state index is 0.0159. The van der Waals surface area contributed by atoms with Crippen LogP contribution in [0, 0.1) is 10.8 Å². The van der Waals surface area contributed by atoms with E-state index in [-0.39, 0.29) is 41.0 Å². The van der Waals surface area contributed by atoms with Crippen LogP contribution in [0.15, 0.2) is 18.2 Å². The smallest absolute Gasteiger partial charge is 0.268 e. The zero-order valence-corrected chi connectivity index (χ0v) is 19.4. The molecule has 2 bridgehead atoms. The van der Waals surface area contributed by atoms with Crippen LogP contribution < -0.4 is 9.64 Å². The van der Waals surface area contributed by atoms with Crippen molar-refractivity contribution in [1.82, 2.24) is 4.90 Å². The van der Waals surface area contributed by atoms with E-state index < -0.39 is 6.10 Å². The Morgan fingerprint density at radius 3 is 2.65 bits per heavy atom. The van der Waals surface area contributed by atoms with Crippen LogP contribution >= 0.6 is 0 Å². The average molecular weight is 427 g/mol. The Labute approximate surface area is 184 Å². The summed E-state index contributed by atoms with van der Waals surface area (Å²) < 4.78 is 5.76. The minimum Gasteiger partial charge on any atom is -0.479 e.